The number of anilines is 1. The number of nitrogens with zero attached hydrogens (tertiary/aromatic N) is 1. The number of carbonyl (C=O) groups is 3. The Bertz CT molecular complexity index is 1460. The predicted octanol–water partition coefficient (Wildman–Crippen LogP) is 6.28. The highest BCUT2D eigenvalue weighted by Gasteiger charge is 2.33. The third kappa shape index (κ3) is 6.82. The van der Waals surface area contributed by atoms with Crippen LogP contribution in [0.15, 0.2) is 70.0 Å². The highest BCUT2D eigenvalue weighted by Crippen LogP contribution is 2.32. The lowest BCUT2D eigenvalue weighted by atomic mass is 10.1. The number of carbonyl (C=O) groups excluding carboxylic acids is 3. The molecule has 3 amide bonds. The first-order chi connectivity index (χ1) is 18.1. The largest absolute Gasteiger partial charge is 0.484 e. The third-order valence-corrected chi connectivity index (χ3v) is 7.73. The van der Waals surface area contributed by atoms with Crippen LogP contribution >= 0.6 is 51.5 Å². The molecule has 1 fully saturated rings. The van der Waals surface area contributed by atoms with Gasteiger partial charge in [0.05, 0.1) is 10.6 Å². The van der Waals surface area contributed by atoms with Gasteiger partial charge in [-0.15, -0.1) is 0 Å². The van der Waals surface area contributed by atoms with Crippen molar-refractivity contribution >= 4 is 85.3 Å². The Balaban J connectivity index is 1.34. The van der Waals surface area contributed by atoms with Crippen molar-refractivity contribution in [2.45, 2.75) is 13.8 Å². The number of thiocarbonyl (C=S) groups is 1. The van der Waals surface area contributed by atoms with Crippen LogP contribution in [-0.2, 0) is 9.59 Å². The first kappa shape index (κ1) is 27.8. The average Bonchev–Trinajstić information content (AvgIpc) is 3.14. The van der Waals surface area contributed by atoms with Crippen LogP contribution in [0.5, 0.6) is 5.75 Å². The second-order valence-electron chi connectivity index (χ2n) is 8.29. The maximum atomic E-state index is 12.8. The molecule has 0 spiro atoms. The number of ether oxygens (including phenoxy) is 1. The minimum Gasteiger partial charge on any atom is -0.484 e. The van der Waals surface area contributed by atoms with Crippen LogP contribution in [0.25, 0.3) is 6.08 Å². The van der Waals surface area contributed by atoms with Crippen LogP contribution < -0.4 is 15.5 Å². The molecule has 3 aromatic rings. The third-order valence-electron chi connectivity index (χ3n) is 5.52. The molecule has 0 radical (unpaired) electrons. The monoisotopic (exact) mass is 629 g/mol. The Morgan fingerprint density at radius 1 is 1.08 bits per heavy atom. The number of hydrazine groups is 1. The second kappa shape index (κ2) is 12.1. The van der Waals surface area contributed by atoms with Gasteiger partial charge in [-0.3, -0.25) is 19.8 Å². The fourth-order valence-electron chi connectivity index (χ4n) is 3.36. The van der Waals surface area contributed by atoms with Gasteiger partial charge < -0.3 is 10.1 Å². The van der Waals surface area contributed by atoms with Crippen LogP contribution in [0.1, 0.15) is 27.0 Å². The Morgan fingerprint density at radius 2 is 1.74 bits per heavy atom. The van der Waals surface area contributed by atoms with Crippen molar-refractivity contribution in [2.24, 2.45) is 0 Å². The Morgan fingerprint density at radius 3 is 2.42 bits per heavy atom. The number of nitrogens with one attached hydrogen (secondary N) is 2. The Hall–Kier alpha value is -3.18. The molecule has 7 nitrogen and oxygen atoms in total. The van der Waals surface area contributed by atoms with E-state index in [0.29, 0.717) is 26.9 Å². The molecule has 0 saturated carbocycles. The van der Waals surface area contributed by atoms with E-state index in [9.17, 15) is 14.4 Å². The standard InChI is InChI=1S/C27H21BrClN3O4S2/c1-15-11-21(28)22(12-16(15)2)30-24(33)14-36-20-9-3-17(4-10-20)13-23-26(35)32(27(37)38-23)31-25(34)18-5-7-19(29)8-6-18/h3-13H,14H2,1-2H3,(H,30,33)(H,31,34)/b23-13+. The van der Waals surface area contributed by atoms with E-state index in [0.717, 1.165) is 37.9 Å². The van der Waals surface area contributed by atoms with Crippen LogP contribution in [-0.4, -0.2) is 33.7 Å². The van der Waals surface area contributed by atoms with Crippen molar-refractivity contribution in [1.82, 2.24) is 10.4 Å². The molecule has 2 N–H and O–H groups in total. The number of halogens is 2. The second-order valence-corrected chi connectivity index (χ2v) is 11.3. The van der Waals surface area contributed by atoms with Gasteiger partial charge in [0.2, 0.25) is 0 Å². The first-order valence-electron chi connectivity index (χ1n) is 11.2. The lowest BCUT2D eigenvalue weighted by Crippen LogP contribution is -2.44. The van der Waals surface area contributed by atoms with Gasteiger partial charge >= 0.3 is 0 Å². The van der Waals surface area contributed by atoms with Gasteiger partial charge in [-0.1, -0.05) is 35.5 Å². The van der Waals surface area contributed by atoms with Gasteiger partial charge in [-0.25, -0.2) is 0 Å². The van der Waals surface area contributed by atoms with Crippen molar-refractivity contribution in [2.75, 3.05) is 11.9 Å². The van der Waals surface area contributed by atoms with E-state index in [-0.39, 0.29) is 16.8 Å². The van der Waals surface area contributed by atoms with E-state index < -0.39 is 11.8 Å². The van der Waals surface area contributed by atoms with Crippen molar-refractivity contribution in [3.05, 3.63) is 97.3 Å². The van der Waals surface area contributed by atoms with Gasteiger partial charge in [-0.05, 0) is 113 Å². The molecule has 38 heavy (non-hydrogen) atoms. The summed E-state index contributed by atoms with van der Waals surface area (Å²) in [7, 11) is 0. The normalized spacial score (nSPS) is 14.1. The fourth-order valence-corrected chi connectivity index (χ4v) is 5.22. The summed E-state index contributed by atoms with van der Waals surface area (Å²) in [5.74, 6) is -0.701. The zero-order chi connectivity index (χ0) is 27.4. The Labute approximate surface area is 242 Å². The average molecular weight is 631 g/mol. The van der Waals surface area contributed by atoms with E-state index in [1.165, 1.54) is 0 Å². The molecule has 1 aliphatic heterocycles. The molecule has 11 heteroatoms. The van der Waals surface area contributed by atoms with E-state index in [2.05, 4.69) is 26.7 Å². The fraction of sp³-hybridized carbons (Fsp3) is 0.111. The van der Waals surface area contributed by atoms with Crippen molar-refractivity contribution in [3.8, 4) is 5.75 Å². The molecule has 0 aromatic heterocycles. The number of hydrogen-bond donors (Lipinski definition) is 2. The van der Waals surface area contributed by atoms with Crippen molar-refractivity contribution in [3.63, 3.8) is 0 Å². The summed E-state index contributed by atoms with van der Waals surface area (Å²) in [6, 6.07) is 17.1. The summed E-state index contributed by atoms with van der Waals surface area (Å²) < 4.78 is 6.61. The summed E-state index contributed by atoms with van der Waals surface area (Å²) >= 11 is 15.7. The van der Waals surface area contributed by atoms with Gasteiger partial charge in [-0.2, -0.15) is 5.01 Å². The van der Waals surface area contributed by atoms with E-state index in [1.807, 2.05) is 26.0 Å². The van der Waals surface area contributed by atoms with Crippen LogP contribution in [0.4, 0.5) is 5.69 Å². The topological polar surface area (TPSA) is 87.7 Å². The van der Waals surface area contributed by atoms with Gasteiger partial charge in [0, 0.05) is 15.1 Å². The summed E-state index contributed by atoms with van der Waals surface area (Å²) in [5.41, 5.74) is 6.47. The van der Waals surface area contributed by atoms with Gasteiger partial charge in [0.25, 0.3) is 17.7 Å². The quantitative estimate of drug-likeness (QED) is 0.236. The summed E-state index contributed by atoms with van der Waals surface area (Å²) in [6.45, 7) is 3.82. The SMILES string of the molecule is Cc1cc(Br)c(NC(=O)COc2ccc(/C=C3/SC(=S)N(NC(=O)c4ccc(Cl)cc4)C3=O)cc2)cc1C. The highest BCUT2D eigenvalue weighted by molar-refractivity contribution is 9.10. The molecule has 0 atom stereocenters. The lowest BCUT2D eigenvalue weighted by molar-refractivity contribution is -0.123. The maximum absolute atomic E-state index is 12.8. The van der Waals surface area contributed by atoms with Crippen LogP contribution in [0, 0.1) is 13.8 Å². The number of amides is 3. The maximum Gasteiger partial charge on any atom is 0.285 e. The summed E-state index contributed by atoms with van der Waals surface area (Å²) in [5, 5.41) is 4.38. The zero-order valence-corrected chi connectivity index (χ0v) is 24.2. The van der Waals surface area contributed by atoms with Crippen molar-refractivity contribution in [1.29, 1.82) is 0 Å². The highest BCUT2D eigenvalue weighted by atomic mass is 79.9. The van der Waals surface area contributed by atoms with E-state index in [1.54, 1.807) is 54.6 Å². The predicted molar refractivity (Wildman–Crippen MR) is 158 cm³/mol. The number of benzene rings is 3. The molecule has 4 rings (SSSR count). The van der Waals surface area contributed by atoms with Crippen molar-refractivity contribution < 1.29 is 19.1 Å². The molecular weight excluding hydrogens is 610 g/mol. The molecule has 194 valence electrons. The smallest absolute Gasteiger partial charge is 0.285 e. The number of rotatable bonds is 7. The van der Waals surface area contributed by atoms with Gasteiger partial charge in [0.1, 0.15) is 5.75 Å². The van der Waals surface area contributed by atoms with E-state index >= 15 is 0 Å². The Kier molecular flexibility index (Phi) is 8.88. The minimum atomic E-state index is -0.477. The van der Waals surface area contributed by atoms with Crippen LogP contribution in [0.3, 0.4) is 0 Å². The summed E-state index contributed by atoms with van der Waals surface area (Å²) in [6.07, 6.45) is 1.67. The number of thioether (sulfide) groups is 1. The molecule has 1 aliphatic rings. The molecule has 1 heterocycles. The minimum absolute atomic E-state index is 0.162. The van der Waals surface area contributed by atoms with Crippen LogP contribution in [0.2, 0.25) is 5.02 Å². The molecule has 0 unspecified atom stereocenters. The molecule has 1 saturated heterocycles. The molecular formula is C27H21BrClN3O4S2. The summed E-state index contributed by atoms with van der Waals surface area (Å²) in [4.78, 5) is 38.0. The molecule has 0 aliphatic carbocycles. The molecule has 0 bridgehead atoms. The zero-order valence-electron chi connectivity index (χ0n) is 20.2. The lowest BCUT2D eigenvalue weighted by Gasteiger charge is -2.15. The number of hydrogen-bond acceptors (Lipinski definition) is 6. The van der Waals surface area contributed by atoms with Gasteiger partial charge in [0.15, 0.2) is 10.9 Å². The van der Waals surface area contributed by atoms with E-state index in [4.69, 9.17) is 28.6 Å². The first-order valence-corrected chi connectivity index (χ1v) is 13.6. The molecule has 3 aromatic carbocycles. The number of aryl methyl sites for hydroxylation is 2.